The summed E-state index contributed by atoms with van der Waals surface area (Å²) in [5, 5.41) is 0.390. The van der Waals surface area contributed by atoms with Crippen molar-refractivity contribution in [3.8, 4) is 0 Å². The maximum Gasteiger partial charge on any atom is 0.252 e. The highest BCUT2D eigenvalue weighted by Gasteiger charge is 2.29. The Morgan fingerprint density at radius 2 is 1.46 bits per heavy atom. The molecule has 5 heteroatoms. The molecule has 1 aliphatic rings. The van der Waals surface area contributed by atoms with Gasteiger partial charge in [0.05, 0.1) is 11.4 Å². The number of sulfonamides is 1. The molecule has 128 valence electrons. The lowest BCUT2D eigenvalue weighted by molar-refractivity contribution is 0.501. The van der Waals surface area contributed by atoms with E-state index in [0.717, 1.165) is 18.4 Å². The van der Waals surface area contributed by atoms with E-state index in [-0.39, 0.29) is 0 Å². The molecule has 0 unspecified atom stereocenters. The summed E-state index contributed by atoms with van der Waals surface area (Å²) in [4.78, 5) is 0.365. The standard InChI is InChI=1S/C19H23NO2S2/c21-24(22,19-14-8-3-9-15-19)20(16-17-10-4-1-5-11-17)23-18-12-6-2-7-13-18/h1,3-5,8-11,14-15,18H,2,6-7,12-13,16H2. The Balaban J connectivity index is 1.85. The van der Waals surface area contributed by atoms with Crippen molar-refractivity contribution in [2.45, 2.75) is 48.8 Å². The van der Waals surface area contributed by atoms with E-state index in [9.17, 15) is 8.42 Å². The summed E-state index contributed by atoms with van der Waals surface area (Å²) in [6.45, 7) is 0.402. The van der Waals surface area contributed by atoms with Gasteiger partial charge < -0.3 is 0 Å². The zero-order chi connectivity index (χ0) is 16.8. The zero-order valence-electron chi connectivity index (χ0n) is 13.7. The molecule has 3 nitrogen and oxygen atoms in total. The van der Waals surface area contributed by atoms with Gasteiger partial charge in [-0.3, -0.25) is 0 Å². The fourth-order valence-electron chi connectivity index (χ4n) is 2.96. The monoisotopic (exact) mass is 361 g/mol. The highest BCUT2D eigenvalue weighted by molar-refractivity contribution is 8.08. The molecule has 3 rings (SSSR count). The van der Waals surface area contributed by atoms with Gasteiger partial charge in [0.25, 0.3) is 10.0 Å². The van der Waals surface area contributed by atoms with Crippen molar-refractivity contribution in [1.29, 1.82) is 0 Å². The normalized spacial score (nSPS) is 16.4. The second-order valence-corrected chi connectivity index (χ2v) is 9.54. The minimum atomic E-state index is -3.50. The minimum Gasteiger partial charge on any atom is -0.206 e. The highest BCUT2D eigenvalue weighted by atomic mass is 32.3. The maximum atomic E-state index is 13.1. The van der Waals surface area contributed by atoms with Gasteiger partial charge in [-0.15, -0.1) is 3.71 Å². The lowest BCUT2D eigenvalue weighted by Crippen LogP contribution is -2.28. The number of benzene rings is 2. The predicted octanol–water partition coefficient (Wildman–Crippen LogP) is 4.86. The molecule has 0 amide bonds. The van der Waals surface area contributed by atoms with Crippen molar-refractivity contribution in [2.75, 3.05) is 0 Å². The molecular weight excluding hydrogens is 338 g/mol. The van der Waals surface area contributed by atoms with Crippen LogP contribution in [0.15, 0.2) is 65.6 Å². The van der Waals surface area contributed by atoms with Crippen molar-refractivity contribution in [3.05, 3.63) is 66.2 Å². The Labute approximate surface area is 149 Å². The van der Waals surface area contributed by atoms with Crippen molar-refractivity contribution >= 4 is 22.0 Å². The molecule has 1 fully saturated rings. The van der Waals surface area contributed by atoms with Gasteiger partial charge in [-0.05, 0) is 30.5 Å². The van der Waals surface area contributed by atoms with E-state index in [0.29, 0.717) is 16.7 Å². The van der Waals surface area contributed by atoms with Gasteiger partial charge in [-0.25, -0.2) is 8.42 Å². The minimum absolute atomic E-state index is 0.365. The Hall–Kier alpha value is -1.30. The first-order valence-electron chi connectivity index (χ1n) is 8.45. The smallest absolute Gasteiger partial charge is 0.206 e. The van der Waals surface area contributed by atoms with E-state index in [4.69, 9.17) is 0 Å². The highest BCUT2D eigenvalue weighted by Crippen LogP contribution is 2.35. The molecule has 1 aliphatic carbocycles. The van der Waals surface area contributed by atoms with Crippen LogP contribution in [0.1, 0.15) is 37.7 Å². The second-order valence-electron chi connectivity index (χ2n) is 6.13. The molecule has 0 N–H and O–H groups in total. The molecule has 2 aromatic carbocycles. The van der Waals surface area contributed by atoms with Crippen molar-refractivity contribution in [2.24, 2.45) is 0 Å². The lowest BCUT2D eigenvalue weighted by atomic mass is 10.0. The van der Waals surface area contributed by atoms with Crippen LogP contribution in [-0.4, -0.2) is 17.4 Å². The van der Waals surface area contributed by atoms with Gasteiger partial charge in [0.15, 0.2) is 0 Å². The van der Waals surface area contributed by atoms with Crippen LogP contribution >= 0.6 is 11.9 Å². The second kappa shape index (κ2) is 8.19. The van der Waals surface area contributed by atoms with Crippen molar-refractivity contribution < 1.29 is 8.42 Å². The third-order valence-electron chi connectivity index (χ3n) is 4.28. The van der Waals surface area contributed by atoms with Gasteiger partial charge in [0.2, 0.25) is 0 Å². The van der Waals surface area contributed by atoms with Crippen LogP contribution < -0.4 is 0 Å². The lowest BCUT2D eigenvalue weighted by Gasteiger charge is -2.28. The molecule has 0 atom stereocenters. The molecule has 24 heavy (non-hydrogen) atoms. The van der Waals surface area contributed by atoms with E-state index in [1.807, 2.05) is 36.4 Å². The average Bonchev–Trinajstić information content (AvgIpc) is 2.64. The molecule has 0 aromatic heterocycles. The molecule has 0 aliphatic heterocycles. The Bertz CT molecular complexity index is 726. The third-order valence-corrected chi connectivity index (χ3v) is 7.80. The summed E-state index contributed by atoms with van der Waals surface area (Å²) in [5.41, 5.74) is 1.01. The van der Waals surface area contributed by atoms with E-state index < -0.39 is 10.0 Å². The summed E-state index contributed by atoms with van der Waals surface area (Å²) < 4.78 is 27.8. The van der Waals surface area contributed by atoms with Crippen LogP contribution in [0.25, 0.3) is 0 Å². The van der Waals surface area contributed by atoms with Crippen LogP contribution in [0.2, 0.25) is 0 Å². The molecule has 0 heterocycles. The van der Waals surface area contributed by atoms with Crippen LogP contribution in [0.4, 0.5) is 0 Å². The number of nitrogens with zero attached hydrogens (tertiary/aromatic N) is 1. The molecule has 0 radical (unpaired) electrons. The largest absolute Gasteiger partial charge is 0.252 e. The predicted molar refractivity (Wildman–Crippen MR) is 100 cm³/mol. The molecule has 2 aromatic rings. The van der Waals surface area contributed by atoms with E-state index >= 15 is 0 Å². The van der Waals surface area contributed by atoms with Gasteiger partial charge in [-0.1, -0.05) is 79.7 Å². The topological polar surface area (TPSA) is 37.4 Å². The van der Waals surface area contributed by atoms with E-state index in [1.165, 1.54) is 31.2 Å². The third kappa shape index (κ3) is 4.41. The zero-order valence-corrected chi connectivity index (χ0v) is 15.3. The van der Waals surface area contributed by atoms with Crippen LogP contribution in [0, 0.1) is 0 Å². The van der Waals surface area contributed by atoms with Gasteiger partial charge in [0, 0.05) is 5.25 Å². The number of hydrogen-bond acceptors (Lipinski definition) is 3. The van der Waals surface area contributed by atoms with Crippen LogP contribution in [0.5, 0.6) is 0 Å². The SMILES string of the molecule is O=S(=O)(c1ccccc1)N(Cc1ccccc1)SC1CCCCC1. The fourth-order valence-corrected chi connectivity index (χ4v) is 6.19. The Kier molecular flexibility index (Phi) is 5.98. The van der Waals surface area contributed by atoms with Crippen LogP contribution in [0.3, 0.4) is 0 Å². The van der Waals surface area contributed by atoms with Crippen molar-refractivity contribution in [3.63, 3.8) is 0 Å². The summed E-state index contributed by atoms with van der Waals surface area (Å²) in [7, 11) is -3.50. The Morgan fingerprint density at radius 3 is 2.08 bits per heavy atom. The molecular formula is C19H23NO2S2. The summed E-state index contributed by atoms with van der Waals surface area (Å²) in [5.74, 6) is 0. The molecule has 0 bridgehead atoms. The molecule has 0 saturated heterocycles. The summed E-state index contributed by atoms with van der Waals surface area (Å²) in [6, 6.07) is 18.6. The fraction of sp³-hybridized carbons (Fsp3) is 0.368. The first-order chi connectivity index (χ1) is 11.7. The summed E-state index contributed by atoms with van der Waals surface area (Å²) >= 11 is 1.51. The number of hydrogen-bond donors (Lipinski definition) is 0. The summed E-state index contributed by atoms with van der Waals surface area (Å²) in [6.07, 6.45) is 5.85. The van der Waals surface area contributed by atoms with Crippen molar-refractivity contribution in [1.82, 2.24) is 3.71 Å². The Morgan fingerprint density at radius 1 is 0.875 bits per heavy atom. The van der Waals surface area contributed by atoms with Gasteiger partial charge >= 0.3 is 0 Å². The van der Waals surface area contributed by atoms with Crippen LogP contribution in [-0.2, 0) is 16.6 Å². The average molecular weight is 362 g/mol. The quantitative estimate of drug-likeness (QED) is 0.690. The molecule has 0 spiro atoms. The number of rotatable bonds is 6. The van der Waals surface area contributed by atoms with E-state index in [2.05, 4.69) is 0 Å². The first-order valence-corrected chi connectivity index (χ1v) is 10.7. The maximum absolute atomic E-state index is 13.1. The van der Waals surface area contributed by atoms with E-state index in [1.54, 1.807) is 28.0 Å². The van der Waals surface area contributed by atoms with Gasteiger partial charge in [0.1, 0.15) is 0 Å². The van der Waals surface area contributed by atoms with Gasteiger partial charge in [-0.2, -0.15) is 0 Å². The first kappa shape index (κ1) is 17.5. The molecule has 1 saturated carbocycles.